The summed E-state index contributed by atoms with van der Waals surface area (Å²) in [5, 5.41) is 0. The molecule has 1 aliphatic carbocycles. The van der Waals surface area contributed by atoms with Crippen molar-refractivity contribution >= 4 is 5.69 Å². The highest BCUT2D eigenvalue weighted by Gasteiger charge is 2.29. The molecule has 1 aromatic heterocycles. The van der Waals surface area contributed by atoms with E-state index in [1.807, 2.05) is 14.1 Å². The summed E-state index contributed by atoms with van der Waals surface area (Å²) in [5.74, 6) is 1.41. The fourth-order valence-corrected chi connectivity index (χ4v) is 3.34. The first-order valence-corrected chi connectivity index (χ1v) is 8.71. The Kier molecular flexibility index (Phi) is 3.88. The van der Waals surface area contributed by atoms with Crippen molar-refractivity contribution in [2.24, 2.45) is 0 Å². The van der Waals surface area contributed by atoms with Crippen LogP contribution in [0.25, 0.3) is 0 Å². The smallest absolute Gasteiger partial charge is 0.255 e. The first-order chi connectivity index (χ1) is 11.6. The van der Waals surface area contributed by atoms with Gasteiger partial charge in [-0.3, -0.25) is 9.69 Å². The molecule has 2 aromatic rings. The summed E-state index contributed by atoms with van der Waals surface area (Å²) < 4.78 is 0. The molecule has 0 amide bonds. The number of anilines is 1. The van der Waals surface area contributed by atoms with E-state index in [-0.39, 0.29) is 5.56 Å². The third kappa shape index (κ3) is 3.08. The van der Waals surface area contributed by atoms with Gasteiger partial charge in [0.1, 0.15) is 5.82 Å². The average Bonchev–Trinajstić information content (AvgIpc) is 3.41. The largest absolute Gasteiger partial charge is 0.378 e. The molecule has 24 heavy (non-hydrogen) atoms. The quantitative estimate of drug-likeness (QED) is 0.937. The highest BCUT2D eigenvalue weighted by molar-refractivity contribution is 5.46. The number of benzene rings is 1. The van der Waals surface area contributed by atoms with E-state index in [1.54, 1.807) is 0 Å². The zero-order valence-corrected chi connectivity index (χ0v) is 14.4. The molecule has 1 aromatic carbocycles. The number of hydrogen-bond acceptors (Lipinski definition) is 4. The van der Waals surface area contributed by atoms with Crippen LogP contribution in [0.3, 0.4) is 0 Å². The Hall–Kier alpha value is -2.14. The van der Waals surface area contributed by atoms with Crippen LogP contribution in [0.15, 0.2) is 29.1 Å². The molecule has 0 bridgehead atoms. The predicted octanol–water partition coefficient (Wildman–Crippen LogP) is 2.27. The zero-order chi connectivity index (χ0) is 16.7. The zero-order valence-electron chi connectivity index (χ0n) is 14.4. The van der Waals surface area contributed by atoms with Crippen molar-refractivity contribution in [1.82, 2.24) is 14.9 Å². The molecule has 126 valence electrons. The van der Waals surface area contributed by atoms with Gasteiger partial charge >= 0.3 is 0 Å². The summed E-state index contributed by atoms with van der Waals surface area (Å²) >= 11 is 0. The molecule has 2 aliphatic rings. The predicted molar refractivity (Wildman–Crippen MR) is 95.4 cm³/mol. The van der Waals surface area contributed by atoms with Crippen molar-refractivity contribution in [3.05, 3.63) is 57.3 Å². The van der Waals surface area contributed by atoms with E-state index in [4.69, 9.17) is 4.98 Å². The lowest BCUT2D eigenvalue weighted by atomic mass is 10.1. The van der Waals surface area contributed by atoms with Gasteiger partial charge in [0, 0.05) is 51.8 Å². The standard InChI is InChI=1S/C19H24N4O/c1-22(2)15-7-3-13(4-8-15)11-23-10-9-17-16(12-23)19(24)21-18(20-17)14-5-6-14/h3-4,7-8,14H,5-6,9-12H2,1-2H3,(H,20,21,24). The number of nitrogens with zero attached hydrogens (tertiary/aromatic N) is 3. The topological polar surface area (TPSA) is 52.2 Å². The Balaban J connectivity index is 1.49. The molecule has 2 heterocycles. The number of aromatic nitrogens is 2. The van der Waals surface area contributed by atoms with Crippen LogP contribution in [0, 0.1) is 0 Å². The minimum Gasteiger partial charge on any atom is -0.378 e. The lowest BCUT2D eigenvalue weighted by Gasteiger charge is -2.28. The Morgan fingerprint density at radius 1 is 1.25 bits per heavy atom. The van der Waals surface area contributed by atoms with Crippen molar-refractivity contribution in [1.29, 1.82) is 0 Å². The molecule has 1 saturated carbocycles. The first-order valence-electron chi connectivity index (χ1n) is 8.71. The minimum absolute atomic E-state index is 0.0644. The second-order valence-corrected chi connectivity index (χ2v) is 7.17. The molecule has 1 fully saturated rings. The van der Waals surface area contributed by atoms with E-state index in [2.05, 4.69) is 39.0 Å². The molecular formula is C19H24N4O. The van der Waals surface area contributed by atoms with Crippen LogP contribution in [-0.4, -0.2) is 35.5 Å². The second-order valence-electron chi connectivity index (χ2n) is 7.17. The lowest BCUT2D eigenvalue weighted by Crippen LogP contribution is -2.35. The molecule has 5 nitrogen and oxygen atoms in total. The van der Waals surface area contributed by atoms with Crippen molar-refractivity contribution < 1.29 is 0 Å². The molecule has 0 spiro atoms. The second kappa shape index (κ2) is 6.06. The van der Waals surface area contributed by atoms with Crippen LogP contribution >= 0.6 is 0 Å². The van der Waals surface area contributed by atoms with Gasteiger partial charge in [-0.1, -0.05) is 12.1 Å². The highest BCUT2D eigenvalue weighted by atomic mass is 16.1. The molecule has 0 atom stereocenters. The van der Waals surface area contributed by atoms with Crippen molar-refractivity contribution in [3.8, 4) is 0 Å². The number of aromatic amines is 1. The van der Waals surface area contributed by atoms with Gasteiger partial charge in [0.15, 0.2) is 0 Å². The fraction of sp³-hybridized carbons (Fsp3) is 0.474. The highest BCUT2D eigenvalue weighted by Crippen LogP contribution is 2.37. The Morgan fingerprint density at radius 3 is 2.67 bits per heavy atom. The van der Waals surface area contributed by atoms with Gasteiger partial charge in [-0.2, -0.15) is 0 Å². The van der Waals surface area contributed by atoms with Gasteiger partial charge in [-0.25, -0.2) is 4.98 Å². The van der Waals surface area contributed by atoms with Gasteiger partial charge in [-0.15, -0.1) is 0 Å². The van der Waals surface area contributed by atoms with Gasteiger partial charge in [0.2, 0.25) is 0 Å². The first kappa shape index (κ1) is 15.4. The maximum Gasteiger partial charge on any atom is 0.255 e. The molecule has 0 unspecified atom stereocenters. The number of nitrogens with one attached hydrogen (secondary N) is 1. The number of fused-ring (bicyclic) bond motifs is 1. The summed E-state index contributed by atoms with van der Waals surface area (Å²) in [7, 11) is 4.09. The molecule has 0 radical (unpaired) electrons. The van der Waals surface area contributed by atoms with Crippen LogP contribution in [-0.2, 0) is 19.5 Å². The Labute approximate surface area is 142 Å². The average molecular weight is 324 g/mol. The summed E-state index contributed by atoms with van der Waals surface area (Å²) in [4.78, 5) is 24.6. The number of rotatable bonds is 4. The molecular weight excluding hydrogens is 300 g/mol. The Morgan fingerprint density at radius 2 is 2.00 bits per heavy atom. The Bertz CT molecular complexity index is 790. The summed E-state index contributed by atoms with van der Waals surface area (Å²) in [5.41, 5.74) is 4.42. The van der Waals surface area contributed by atoms with Gasteiger partial charge in [0.25, 0.3) is 5.56 Å². The molecule has 1 N–H and O–H groups in total. The third-order valence-electron chi connectivity index (χ3n) is 4.99. The van der Waals surface area contributed by atoms with Crippen LogP contribution in [0.5, 0.6) is 0 Å². The maximum absolute atomic E-state index is 12.4. The van der Waals surface area contributed by atoms with Crippen LogP contribution < -0.4 is 10.5 Å². The van der Waals surface area contributed by atoms with Crippen LogP contribution in [0.1, 0.15) is 41.4 Å². The fourth-order valence-electron chi connectivity index (χ4n) is 3.34. The summed E-state index contributed by atoms with van der Waals surface area (Å²) in [6.07, 6.45) is 3.20. The minimum atomic E-state index is 0.0644. The molecule has 5 heteroatoms. The van der Waals surface area contributed by atoms with Gasteiger partial charge < -0.3 is 9.88 Å². The third-order valence-corrected chi connectivity index (χ3v) is 4.99. The van der Waals surface area contributed by atoms with E-state index in [0.717, 1.165) is 49.4 Å². The van der Waals surface area contributed by atoms with E-state index < -0.39 is 0 Å². The monoisotopic (exact) mass is 324 g/mol. The molecule has 4 rings (SSSR count). The summed E-state index contributed by atoms with van der Waals surface area (Å²) in [6, 6.07) is 8.63. The van der Waals surface area contributed by atoms with Crippen molar-refractivity contribution in [3.63, 3.8) is 0 Å². The van der Waals surface area contributed by atoms with Crippen molar-refractivity contribution in [2.75, 3.05) is 25.5 Å². The maximum atomic E-state index is 12.4. The van der Waals surface area contributed by atoms with E-state index >= 15 is 0 Å². The van der Waals surface area contributed by atoms with Gasteiger partial charge in [-0.05, 0) is 30.5 Å². The van der Waals surface area contributed by atoms with Crippen LogP contribution in [0.4, 0.5) is 5.69 Å². The van der Waals surface area contributed by atoms with Crippen LogP contribution in [0.2, 0.25) is 0 Å². The summed E-state index contributed by atoms with van der Waals surface area (Å²) in [6.45, 7) is 2.53. The number of H-pyrrole nitrogens is 1. The van der Waals surface area contributed by atoms with E-state index in [0.29, 0.717) is 12.5 Å². The lowest BCUT2D eigenvalue weighted by molar-refractivity contribution is 0.241. The van der Waals surface area contributed by atoms with E-state index in [9.17, 15) is 4.79 Å². The van der Waals surface area contributed by atoms with E-state index in [1.165, 1.54) is 11.3 Å². The SMILES string of the molecule is CN(C)c1ccc(CN2CCc3nc(C4CC4)[nH]c(=O)c3C2)cc1. The molecule has 1 aliphatic heterocycles. The number of hydrogen-bond donors (Lipinski definition) is 1. The van der Waals surface area contributed by atoms with Crippen molar-refractivity contribution in [2.45, 2.75) is 38.3 Å². The van der Waals surface area contributed by atoms with Gasteiger partial charge in [0.05, 0.1) is 11.3 Å². The molecule has 0 saturated heterocycles. The normalized spacial score (nSPS) is 17.6.